The molecule has 10 nitrogen and oxygen atoms in total. The molecule has 1 unspecified atom stereocenters. The predicted molar refractivity (Wildman–Crippen MR) is 133 cm³/mol. The van der Waals surface area contributed by atoms with E-state index >= 15 is 0 Å². The van der Waals surface area contributed by atoms with Crippen molar-refractivity contribution in [3.8, 4) is 0 Å². The van der Waals surface area contributed by atoms with Gasteiger partial charge in [-0.3, -0.25) is 9.59 Å². The number of hydrogen-bond donors (Lipinski definition) is 2. The van der Waals surface area contributed by atoms with Crippen LogP contribution in [-0.4, -0.2) is 72.8 Å². The number of nitrogens with one attached hydrogen (secondary N) is 2. The van der Waals surface area contributed by atoms with Crippen molar-refractivity contribution in [2.45, 2.75) is 75.6 Å². The van der Waals surface area contributed by atoms with E-state index in [4.69, 9.17) is 9.47 Å². The van der Waals surface area contributed by atoms with Crippen LogP contribution in [0, 0.1) is 5.92 Å². The largest absolute Gasteiger partial charge is 0.464 e. The first-order valence-corrected chi connectivity index (χ1v) is 12.5. The van der Waals surface area contributed by atoms with E-state index in [0.29, 0.717) is 19.3 Å². The van der Waals surface area contributed by atoms with Crippen LogP contribution in [0.1, 0.15) is 51.9 Å². The number of likely N-dealkylation sites (tertiary alicyclic amines) is 1. The van der Waals surface area contributed by atoms with Crippen molar-refractivity contribution in [2.24, 2.45) is 5.92 Å². The van der Waals surface area contributed by atoms with Gasteiger partial charge in [-0.15, -0.1) is 13.2 Å². The molecular formula is C24H38N3O7P. The molecule has 11 heteroatoms. The molecule has 0 bridgehead atoms. The molecule has 1 heterocycles. The average Bonchev–Trinajstić information content (AvgIpc) is 3.39. The minimum absolute atomic E-state index is 0.187. The number of allylic oxidation sites excluding steroid dienone is 1. The van der Waals surface area contributed by atoms with E-state index in [1.165, 1.54) is 12.0 Å². The molecular weight excluding hydrogens is 473 g/mol. The summed E-state index contributed by atoms with van der Waals surface area (Å²) in [5.74, 6) is -1.62. The third-order valence-corrected chi connectivity index (χ3v) is 6.78. The van der Waals surface area contributed by atoms with Crippen LogP contribution in [0.2, 0.25) is 0 Å². The SMILES string of the molecule is C=CCCCCC[C@H](NC(=O)OP)C(=O)N1C[C@H](OC)C[C@H]1C(=O)N[C@]1(C(=O)OCC)C[C@H]1C=C. The number of hydrogen-bond acceptors (Lipinski definition) is 7. The number of esters is 1. The van der Waals surface area contributed by atoms with Gasteiger partial charge in [-0.2, -0.15) is 0 Å². The first-order valence-electron chi connectivity index (χ1n) is 12.0. The van der Waals surface area contributed by atoms with Gasteiger partial charge in [0.05, 0.1) is 22.2 Å². The Kier molecular flexibility index (Phi) is 11.2. The fourth-order valence-electron chi connectivity index (χ4n) is 4.47. The van der Waals surface area contributed by atoms with Crippen LogP contribution < -0.4 is 10.6 Å². The maximum Gasteiger partial charge on any atom is 0.409 e. The Labute approximate surface area is 209 Å². The van der Waals surface area contributed by atoms with Crippen LogP contribution in [0.15, 0.2) is 25.3 Å². The quantitative estimate of drug-likeness (QED) is 0.159. The van der Waals surface area contributed by atoms with Gasteiger partial charge in [0.1, 0.15) is 17.6 Å². The fourth-order valence-corrected chi connectivity index (χ4v) is 4.54. The molecule has 1 aliphatic carbocycles. The van der Waals surface area contributed by atoms with Gasteiger partial charge in [0.25, 0.3) is 0 Å². The van der Waals surface area contributed by atoms with Crippen LogP contribution in [0.4, 0.5) is 4.79 Å². The minimum Gasteiger partial charge on any atom is -0.464 e. The number of unbranched alkanes of at least 4 members (excludes halogenated alkanes) is 3. The van der Waals surface area contributed by atoms with E-state index in [1.807, 2.05) is 15.5 Å². The van der Waals surface area contributed by atoms with Crippen molar-refractivity contribution in [3.63, 3.8) is 0 Å². The van der Waals surface area contributed by atoms with Gasteiger partial charge in [-0.25, -0.2) is 9.59 Å². The summed E-state index contributed by atoms with van der Waals surface area (Å²) < 4.78 is 15.2. The van der Waals surface area contributed by atoms with Gasteiger partial charge in [-0.1, -0.05) is 25.0 Å². The maximum absolute atomic E-state index is 13.5. The fraction of sp³-hybridized carbons (Fsp3) is 0.667. The second-order valence-corrected chi connectivity index (χ2v) is 9.09. The lowest BCUT2D eigenvalue weighted by molar-refractivity contribution is -0.150. The molecule has 6 atom stereocenters. The summed E-state index contributed by atoms with van der Waals surface area (Å²) in [5, 5.41) is 5.41. The van der Waals surface area contributed by atoms with Crippen molar-refractivity contribution in [2.75, 3.05) is 20.3 Å². The molecule has 2 aliphatic rings. The summed E-state index contributed by atoms with van der Waals surface area (Å²) in [7, 11) is 3.37. The second-order valence-electron chi connectivity index (χ2n) is 8.86. The third kappa shape index (κ3) is 7.27. The van der Waals surface area contributed by atoms with E-state index in [2.05, 4.69) is 28.3 Å². The average molecular weight is 512 g/mol. The first kappa shape index (κ1) is 28.8. The Morgan fingerprint density at radius 2 is 1.97 bits per heavy atom. The van der Waals surface area contributed by atoms with Crippen LogP contribution in [0.25, 0.3) is 0 Å². The summed E-state index contributed by atoms with van der Waals surface area (Å²) in [6.45, 7) is 9.52. The highest BCUT2D eigenvalue weighted by Gasteiger charge is 2.62. The topological polar surface area (TPSA) is 123 Å². The van der Waals surface area contributed by atoms with E-state index in [1.54, 1.807) is 13.0 Å². The molecule has 1 saturated carbocycles. The molecule has 35 heavy (non-hydrogen) atoms. The monoisotopic (exact) mass is 511 g/mol. The van der Waals surface area contributed by atoms with Crippen LogP contribution in [0.5, 0.6) is 0 Å². The van der Waals surface area contributed by atoms with Crippen molar-refractivity contribution in [1.29, 1.82) is 0 Å². The Balaban J connectivity index is 2.17. The molecule has 2 N–H and O–H groups in total. The van der Waals surface area contributed by atoms with Gasteiger partial charge >= 0.3 is 12.1 Å². The maximum atomic E-state index is 13.5. The molecule has 2 rings (SSSR count). The Morgan fingerprint density at radius 1 is 1.23 bits per heavy atom. The molecule has 3 amide bonds. The first-order chi connectivity index (χ1) is 16.8. The predicted octanol–water partition coefficient (Wildman–Crippen LogP) is 2.25. The zero-order valence-corrected chi connectivity index (χ0v) is 21.8. The van der Waals surface area contributed by atoms with E-state index in [9.17, 15) is 19.2 Å². The standard InChI is InChI=1S/C24H38N3O7P/c1-5-8-9-10-11-12-18(25-23(31)34-35)21(29)27-15-17(32-4)13-19(27)20(28)26-24(14-16(24)6-2)22(30)33-7-3/h5-6,16-19H,1-2,7-15,35H2,3-4H3,(H,25,31)(H,26,28)/t16-,17-,18+,19+,24-/m1/s1. The molecule has 0 radical (unpaired) electrons. The van der Waals surface area contributed by atoms with Crippen LogP contribution in [0.3, 0.4) is 0 Å². The highest BCUT2D eigenvalue weighted by molar-refractivity contribution is 7.10. The number of carbonyl (C=O) groups excluding carboxylic acids is 4. The van der Waals surface area contributed by atoms with Gasteiger partial charge in [0.15, 0.2) is 0 Å². The normalized spacial score (nSPS) is 25.8. The Morgan fingerprint density at radius 3 is 2.54 bits per heavy atom. The Bertz CT molecular complexity index is 808. The summed E-state index contributed by atoms with van der Waals surface area (Å²) in [6.07, 6.45) is 6.77. The summed E-state index contributed by atoms with van der Waals surface area (Å²) in [4.78, 5) is 52.8. The van der Waals surface area contributed by atoms with Gasteiger partial charge in [-0.05, 0) is 32.6 Å². The van der Waals surface area contributed by atoms with Crippen molar-refractivity contribution < 1.29 is 33.2 Å². The van der Waals surface area contributed by atoms with Gasteiger partial charge in [0.2, 0.25) is 11.8 Å². The number of amides is 3. The molecule has 0 spiro atoms. The highest BCUT2D eigenvalue weighted by atomic mass is 31.0. The lowest BCUT2D eigenvalue weighted by Crippen LogP contribution is -2.56. The number of ether oxygens (including phenoxy) is 2. The lowest BCUT2D eigenvalue weighted by Gasteiger charge is -2.29. The molecule has 0 aromatic rings. The number of methoxy groups -OCH3 is 1. The van der Waals surface area contributed by atoms with E-state index in [0.717, 1.165) is 19.3 Å². The van der Waals surface area contributed by atoms with Crippen molar-refractivity contribution in [3.05, 3.63) is 25.3 Å². The number of carbonyl (C=O) groups is 4. The van der Waals surface area contributed by atoms with Gasteiger partial charge in [0, 0.05) is 26.0 Å². The summed E-state index contributed by atoms with van der Waals surface area (Å²) >= 11 is 0. The number of rotatable bonds is 14. The summed E-state index contributed by atoms with van der Waals surface area (Å²) in [5.41, 5.74) is -1.17. The molecule has 1 aliphatic heterocycles. The zero-order valence-electron chi connectivity index (χ0n) is 20.6. The van der Waals surface area contributed by atoms with Crippen LogP contribution >= 0.6 is 9.47 Å². The smallest absolute Gasteiger partial charge is 0.409 e. The number of nitrogens with zero attached hydrogens (tertiary/aromatic N) is 1. The second kappa shape index (κ2) is 13.6. The lowest BCUT2D eigenvalue weighted by atomic mass is 10.0. The molecule has 2 fully saturated rings. The van der Waals surface area contributed by atoms with E-state index in [-0.39, 0.29) is 31.6 Å². The van der Waals surface area contributed by atoms with E-state index < -0.39 is 41.5 Å². The molecule has 0 aromatic carbocycles. The Hall–Kier alpha value is -2.45. The van der Waals surface area contributed by atoms with Gasteiger partial charge < -0.3 is 29.5 Å². The third-order valence-electron chi connectivity index (χ3n) is 6.57. The summed E-state index contributed by atoms with van der Waals surface area (Å²) in [6, 6.07) is -1.72. The van der Waals surface area contributed by atoms with Crippen molar-refractivity contribution in [1.82, 2.24) is 15.5 Å². The highest BCUT2D eigenvalue weighted by Crippen LogP contribution is 2.45. The molecule has 1 saturated heterocycles. The minimum atomic E-state index is -1.17. The molecule has 196 valence electrons. The zero-order chi connectivity index (χ0) is 26.0. The van der Waals surface area contributed by atoms with Crippen molar-refractivity contribution >= 4 is 33.3 Å². The molecule has 0 aromatic heterocycles. The van der Waals surface area contributed by atoms with Crippen LogP contribution in [-0.2, 0) is 28.4 Å².